The Bertz CT molecular complexity index is 516. The van der Waals surface area contributed by atoms with Gasteiger partial charge in [-0.05, 0) is 25.1 Å². The van der Waals surface area contributed by atoms with Crippen LogP contribution in [0.5, 0.6) is 0 Å². The minimum absolute atomic E-state index is 0.520. The largest absolute Gasteiger partial charge is 0.398 e. The second-order valence-corrected chi connectivity index (χ2v) is 4.34. The van der Waals surface area contributed by atoms with Crippen LogP contribution in [0.4, 0.5) is 5.69 Å². The average Bonchev–Trinajstić information content (AvgIpc) is 2.82. The lowest BCUT2D eigenvalue weighted by atomic mass is 10.0. The van der Waals surface area contributed by atoms with Gasteiger partial charge in [-0.2, -0.15) is 0 Å². The van der Waals surface area contributed by atoms with Crippen molar-refractivity contribution in [3.05, 3.63) is 36.0 Å². The molecule has 3 N–H and O–H groups in total. The highest BCUT2D eigenvalue weighted by Crippen LogP contribution is 2.26. The number of anilines is 1. The van der Waals surface area contributed by atoms with E-state index in [2.05, 4.69) is 5.32 Å². The van der Waals surface area contributed by atoms with Gasteiger partial charge >= 0.3 is 0 Å². The van der Waals surface area contributed by atoms with E-state index < -0.39 is 0 Å². The summed E-state index contributed by atoms with van der Waals surface area (Å²) in [6, 6.07) is 10.1. The maximum Gasteiger partial charge on any atom is 0.0726 e. The monoisotopic (exact) mass is 213 g/mol. The third kappa shape index (κ3) is 1.53. The molecule has 1 aromatic carbocycles. The molecule has 1 saturated heterocycles. The van der Waals surface area contributed by atoms with Crippen molar-refractivity contribution in [2.45, 2.75) is 12.3 Å². The van der Waals surface area contributed by atoms with Gasteiger partial charge in [0.2, 0.25) is 0 Å². The summed E-state index contributed by atoms with van der Waals surface area (Å²) in [7, 11) is 0. The van der Waals surface area contributed by atoms with Crippen molar-refractivity contribution in [1.82, 2.24) is 10.3 Å². The molecular weight excluding hydrogens is 198 g/mol. The molecule has 2 aromatic rings. The Balaban J connectivity index is 2.13. The summed E-state index contributed by atoms with van der Waals surface area (Å²) in [5, 5.41) is 4.41. The normalized spacial score (nSPS) is 20.4. The number of fused-ring (bicyclic) bond motifs is 1. The first kappa shape index (κ1) is 9.60. The topological polar surface area (TPSA) is 50.9 Å². The average molecular weight is 213 g/mol. The van der Waals surface area contributed by atoms with Crippen molar-refractivity contribution in [2.75, 3.05) is 18.8 Å². The van der Waals surface area contributed by atoms with Gasteiger partial charge in [0, 0.05) is 29.2 Å². The molecule has 1 unspecified atom stereocenters. The van der Waals surface area contributed by atoms with Crippen molar-refractivity contribution in [1.29, 1.82) is 0 Å². The molecule has 16 heavy (non-hydrogen) atoms. The molecule has 1 atom stereocenters. The van der Waals surface area contributed by atoms with E-state index in [1.165, 1.54) is 0 Å². The van der Waals surface area contributed by atoms with E-state index in [0.717, 1.165) is 41.8 Å². The molecule has 1 fully saturated rings. The first-order chi connectivity index (χ1) is 7.84. The summed E-state index contributed by atoms with van der Waals surface area (Å²) in [6.45, 7) is 2.10. The second kappa shape index (κ2) is 3.76. The van der Waals surface area contributed by atoms with Crippen molar-refractivity contribution in [3.8, 4) is 0 Å². The summed E-state index contributed by atoms with van der Waals surface area (Å²) < 4.78 is 0. The van der Waals surface area contributed by atoms with Crippen LogP contribution in [0.1, 0.15) is 18.0 Å². The highest BCUT2D eigenvalue weighted by Gasteiger charge is 2.18. The standard InChI is InChI=1S/C13H15N3/c14-11-7-13(9-5-6-15-8-9)16-12-4-2-1-3-10(11)12/h1-4,7,9,15H,5-6,8H2,(H2,14,16). The molecule has 1 aromatic heterocycles. The van der Waals surface area contributed by atoms with Crippen LogP contribution in [-0.4, -0.2) is 18.1 Å². The first-order valence-corrected chi connectivity index (χ1v) is 5.70. The number of hydrogen-bond acceptors (Lipinski definition) is 3. The third-order valence-corrected chi connectivity index (χ3v) is 3.25. The van der Waals surface area contributed by atoms with Gasteiger partial charge in [0.25, 0.3) is 0 Å². The minimum atomic E-state index is 0.520. The molecule has 0 aliphatic carbocycles. The van der Waals surface area contributed by atoms with Gasteiger partial charge in [-0.25, -0.2) is 0 Å². The van der Waals surface area contributed by atoms with Gasteiger partial charge in [0.1, 0.15) is 0 Å². The number of aromatic nitrogens is 1. The van der Waals surface area contributed by atoms with E-state index >= 15 is 0 Å². The second-order valence-electron chi connectivity index (χ2n) is 4.34. The zero-order chi connectivity index (χ0) is 11.0. The first-order valence-electron chi connectivity index (χ1n) is 5.70. The summed E-state index contributed by atoms with van der Waals surface area (Å²) in [4.78, 5) is 4.70. The highest BCUT2D eigenvalue weighted by atomic mass is 14.9. The molecule has 1 aliphatic heterocycles. The van der Waals surface area contributed by atoms with Crippen molar-refractivity contribution in [3.63, 3.8) is 0 Å². The molecule has 82 valence electrons. The Morgan fingerprint density at radius 3 is 3.00 bits per heavy atom. The molecule has 1 aliphatic rings. The van der Waals surface area contributed by atoms with Crippen molar-refractivity contribution >= 4 is 16.6 Å². The lowest BCUT2D eigenvalue weighted by Gasteiger charge is -2.10. The molecule has 3 rings (SSSR count). The smallest absolute Gasteiger partial charge is 0.0726 e. The molecule has 3 nitrogen and oxygen atoms in total. The summed E-state index contributed by atoms with van der Waals surface area (Å²) in [6.07, 6.45) is 1.16. The molecule has 2 heterocycles. The van der Waals surface area contributed by atoms with Crippen LogP contribution in [0.15, 0.2) is 30.3 Å². The number of nitrogen functional groups attached to an aromatic ring is 1. The van der Waals surface area contributed by atoms with Crippen LogP contribution in [0.2, 0.25) is 0 Å². The van der Waals surface area contributed by atoms with Crippen LogP contribution in [0.3, 0.4) is 0 Å². The van der Waals surface area contributed by atoms with Gasteiger partial charge in [0.05, 0.1) is 5.52 Å². The lowest BCUT2D eigenvalue weighted by Crippen LogP contribution is -2.09. The Kier molecular flexibility index (Phi) is 2.26. The Morgan fingerprint density at radius 1 is 1.31 bits per heavy atom. The summed E-state index contributed by atoms with van der Waals surface area (Å²) in [5.41, 5.74) is 9.03. The minimum Gasteiger partial charge on any atom is -0.398 e. The van der Waals surface area contributed by atoms with Crippen LogP contribution >= 0.6 is 0 Å². The number of pyridine rings is 1. The molecule has 0 bridgehead atoms. The van der Waals surface area contributed by atoms with Crippen molar-refractivity contribution in [2.24, 2.45) is 0 Å². The highest BCUT2D eigenvalue weighted by molar-refractivity contribution is 5.90. The maximum absolute atomic E-state index is 6.06. The van der Waals surface area contributed by atoms with E-state index in [4.69, 9.17) is 10.7 Å². The number of para-hydroxylation sites is 1. The van der Waals surface area contributed by atoms with Gasteiger partial charge in [-0.15, -0.1) is 0 Å². The van der Waals surface area contributed by atoms with E-state index in [1.807, 2.05) is 30.3 Å². The third-order valence-electron chi connectivity index (χ3n) is 3.25. The fraction of sp³-hybridized carbons (Fsp3) is 0.308. The number of benzene rings is 1. The fourth-order valence-corrected chi connectivity index (χ4v) is 2.34. The van der Waals surface area contributed by atoms with Crippen LogP contribution in [-0.2, 0) is 0 Å². The SMILES string of the molecule is Nc1cc(C2CCNC2)nc2ccccc12. The van der Waals surface area contributed by atoms with Gasteiger partial charge < -0.3 is 11.1 Å². The molecular formula is C13H15N3. The number of nitrogens with one attached hydrogen (secondary N) is 1. The van der Waals surface area contributed by atoms with Gasteiger partial charge in [-0.3, -0.25) is 4.98 Å². The Morgan fingerprint density at radius 2 is 2.19 bits per heavy atom. The zero-order valence-corrected chi connectivity index (χ0v) is 9.11. The number of rotatable bonds is 1. The molecule has 0 amide bonds. The Hall–Kier alpha value is -1.61. The van der Waals surface area contributed by atoms with E-state index in [-0.39, 0.29) is 0 Å². The van der Waals surface area contributed by atoms with Crippen LogP contribution in [0.25, 0.3) is 10.9 Å². The molecule has 0 saturated carbocycles. The quantitative estimate of drug-likeness (QED) is 0.760. The number of nitrogens with zero attached hydrogens (tertiary/aromatic N) is 1. The lowest BCUT2D eigenvalue weighted by molar-refractivity contribution is 0.740. The molecule has 0 spiro atoms. The van der Waals surface area contributed by atoms with Gasteiger partial charge in [0.15, 0.2) is 0 Å². The van der Waals surface area contributed by atoms with E-state index in [9.17, 15) is 0 Å². The predicted molar refractivity (Wildman–Crippen MR) is 66.4 cm³/mol. The number of nitrogens with two attached hydrogens (primary N) is 1. The summed E-state index contributed by atoms with van der Waals surface area (Å²) in [5.74, 6) is 0.520. The fourth-order valence-electron chi connectivity index (χ4n) is 2.34. The predicted octanol–water partition coefficient (Wildman–Crippen LogP) is 1.89. The van der Waals surface area contributed by atoms with Gasteiger partial charge in [-0.1, -0.05) is 18.2 Å². The maximum atomic E-state index is 6.06. The molecule has 3 heteroatoms. The molecule has 0 radical (unpaired) electrons. The van der Waals surface area contributed by atoms with E-state index in [0.29, 0.717) is 5.92 Å². The zero-order valence-electron chi connectivity index (χ0n) is 9.11. The number of hydrogen-bond donors (Lipinski definition) is 2. The van der Waals surface area contributed by atoms with Crippen LogP contribution in [0, 0.1) is 0 Å². The van der Waals surface area contributed by atoms with E-state index in [1.54, 1.807) is 0 Å². The Labute approximate surface area is 94.7 Å². The summed E-state index contributed by atoms with van der Waals surface area (Å²) >= 11 is 0. The van der Waals surface area contributed by atoms with Crippen LogP contribution < -0.4 is 11.1 Å². The van der Waals surface area contributed by atoms with Crippen molar-refractivity contribution < 1.29 is 0 Å².